The fourth-order valence-corrected chi connectivity index (χ4v) is 4.43. The molecule has 0 saturated carbocycles. The molecule has 0 bridgehead atoms. The summed E-state index contributed by atoms with van der Waals surface area (Å²) in [6.07, 6.45) is 2.51. The Bertz CT molecular complexity index is 815. The number of benzene rings is 2. The molecule has 0 unspecified atom stereocenters. The van der Waals surface area contributed by atoms with Gasteiger partial charge in [0, 0.05) is 24.9 Å². The van der Waals surface area contributed by atoms with E-state index in [2.05, 4.69) is 0 Å². The number of rotatable bonds is 9. The first-order valence-electron chi connectivity index (χ1n) is 8.41. The van der Waals surface area contributed by atoms with Gasteiger partial charge in [-0.3, -0.25) is 10.0 Å². The van der Waals surface area contributed by atoms with Gasteiger partial charge in [-0.2, -0.15) is 4.31 Å². The van der Waals surface area contributed by atoms with Crippen LogP contribution in [0.15, 0.2) is 47.4 Å². The zero-order valence-corrected chi connectivity index (χ0v) is 15.1. The van der Waals surface area contributed by atoms with Gasteiger partial charge in [0.05, 0.1) is 4.90 Å². The summed E-state index contributed by atoms with van der Waals surface area (Å²) in [4.78, 5) is 11.6. The quantitative estimate of drug-likeness (QED) is 0.407. The molecule has 2 rings (SSSR count). The third-order valence-electron chi connectivity index (χ3n) is 4.09. The molecule has 2 aromatic rings. The van der Waals surface area contributed by atoms with Crippen LogP contribution in [0.4, 0.5) is 0 Å². The van der Waals surface area contributed by atoms with Crippen molar-refractivity contribution in [1.82, 2.24) is 9.79 Å². The van der Waals surface area contributed by atoms with Gasteiger partial charge in [-0.25, -0.2) is 13.9 Å². The molecule has 0 aliphatic rings. The molecule has 2 aromatic carbocycles. The topological polar surface area (TPSA) is 86.7 Å². The van der Waals surface area contributed by atoms with E-state index in [9.17, 15) is 13.2 Å². The summed E-state index contributed by atoms with van der Waals surface area (Å²) in [5.41, 5.74) is 1.55. The molecule has 0 saturated heterocycles. The fourth-order valence-electron chi connectivity index (χ4n) is 2.73. The van der Waals surface area contributed by atoms with Crippen LogP contribution < -0.4 is 5.48 Å². The monoisotopic (exact) mass is 364 g/mol. The number of fused-ring (bicyclic) bond motifs is 1. The zero-order valence-electron chi connectivity index (χ0n) is 14.3. The van der Waals surface area contributed by atoms with Crippen molar-refractivity contribution in [2.75, 3.05) is 13.1 Å². The number of nitrogens with zero attached hydrogens (tertiary/aromatic N) is 1. The highest BCUT2D eigenvalue weighted by molar-refractivity contribution is 7.89. The average molecular weight is 364 g/mol. The first kappa shape index (κ1) is 19.4. The van der Waals surface area contributed by atoms with Crippen LogP contribution in [-0.4, -0.2) is 36.9 Å². The van der Waals surface area contributed by atoms with Crippen molar-refractivity contribution in [1.29, 1.82) is 0 Å². The number of hydrogen-bond donors (Lipinski definition) is 2. The second-order valence-corrected chi connectivity index (χ2v) is 7.78. The normalized spacial score (nSPS) is 11.8. The lowest BCUT2D eigenvalue weighted by atomic mass is 10.1. The van der Waals surface area contributed by atoms with Crippen molar-refractivity contribution in [3.8, 4) is 0 Å². The molecule has 7 heteroatoms. The van der Waals surface area contributed by atoms with Crippen LogP contribution in [0.3, 0.4) is 0 Å². The standard InChI is InChI=1S/C18H24N2O4S/c1-2-3-6-13-20(14-12-18(21)19-22)25(23,24)17-11-7-9-15-8-4-5-10-16(15)17/h4-5,7-11,22H,2-3,6,12-14H2,1H3,(H,19,21). The van der Waals surface area contributed by atoms with Gasteiger partial charge in [-0.15, -0.1) is 0 Å². The maximum Gasteiger partial charge on any atom is 0.244 e. The van der Waals surface area contributed by atoms with Gasteiger partial charge in [0.1, 0.15) is 0 Å². The average Bonchev–Trinajstić information content (AvgIpc) is 2.63. The van der Waals surface area contributed by atoms with Crippen molar-refractivity contribution in [2.24, 2.45) is 0 Å². The van der Waals surface area contributed by atoms with E-state index in [1.165, 1.54) is 4.31 Å². The number of hydroxylamine groups is 1. The lowest BCUT2D eigenvalue weighted by molar-refractivity contribution is -0.129. The second kappa shape index (κ2) is 8.94. The van der Waals surface area contributed by atoms with Gasteiger partial charge in [0.2, 0.25) is 15.9 Å². The van der Waals surface area contributed by atoms with Crippen LogP contribution in [0.1, 0.15) is 32.6 Å². The SMILES string of the molecule is CCCCCN(CCC(=O)NO)S(=O)(=O)c1cccc2ccccc12. The summed E-state index contributed by atoms with van der Waals surface area (Å²) in [5, 5.41) is 10.2. The van der Waals surface area contributed by atoms with Gasteiger partial charge in [-0.1, -0.05) is 56.2 Å². The molecule has 6 nitrogen and oxygen atoms in total. The van der Waals surface area contributed by atoms with E-state index < -0.39 is 15.9 Å². The first-order valence-corrected chi connectivity index (χ1v) is 9.85. The van der Waals surface area contributed by atoms with Crippen LogP contribution >= 0.6 is 0 Å². The number of unbranched alkanes of at least 4 members (excludes halogenated alkanes) is 2. The molecule has 0 aliphatic carbocycles. The Balaban J connectivity index is 2.36. The smallest absolute Gasteiger partial charge is 0.244 e. The lowest BCUT2D eigenvalue weighted by Gasteiger charge is -2.22. The molecule has 0 radical (unpaired) electrons. The fraction of sp³-hybridized carbons (Fsp3) is 0.389. The Labute approximate surface area is 148 Å². The molecule has 0 aromatic heterocycles. The summed E-state index contributed by atoms with van der Waals surface area (Å²) in [6.45, 7) is 2.42. The molecule has 1 amide bonds. The Morgan fingerprint density at radius 1 is 1.08 bits per heavy atom. The number of carbonyl (C=O) groups is 1. The maximum atomic E-state index is 13.2. The Morgan fingerprint density at radius 2 is 1.80 bits per heavy atom. The third-order valence-corrected chi connectivity index (χ3v) is 6.05. The van der Waals surface area contributed by atoms with E-state index in [0.717, 1.165) is 24.6 Å². The summed E-state index contributed by atoms with van der Waals surface area (Å²) >= 11 is 0. The van der Waals surface area contributed by atoms with Crippen molar-refractivity contribution in [2.45, 2.75) is 37.5 Å². The molecule has 2 N–H and O–H groups in total. The predicted octanol–water partition coefficient (Wildman–Crippen LogP) is 2.92. The van der Waals surface area contributed by atoms with Crippen LogP contribution in [0.5, 0.6) is 0 Å². The maximum absolute atomic E-state index is 13.2. The van der Waals surface area contributed by atoms with Crippen LogP contribution in [-0.2, 0) is 14.8 Å². The van der Waals surface area contributed by atoms with Crippen molar-refractivity contribution in [3.05, 3.63) is 42.5 Å². The lowest BCUT2D eigenvalue weighted by Crippen LogP contribution is -2.35. The van der Waals surface area contributed by atoms with E-state index in [4.69, 9.17) is 5.21 Å². The minimum absolute atomic E-state index is 0.0294. The van der Waals surface area contributed by atoms with E-state index in [0.29, 0.717) is 11.9 Å². The highest BCUT2D eigenvalue weighted by atomic mass is 32.2. The number of hydrogen-bond acceptors (Lipinski definition) is 4. The second-order valence-electron chi connectivity index (χ2n) is 5.87. The molecule has 0 spiro atoms. The van der Waals surface area contributed by atoms with E-state index >= 15 is 0 Å². The minimum Gasteiger partial charge on any atom is -0.289 e. The van der Waals surface area contributed by atoms with Crippen molar-refractivity contribution in [3.63, 3.8) is 0 Å². The predicted molar refractivity (Wildman–Crippen MR) is 96.8 cm³/mol. The summed E-state index contributed by atoms with van der Waals surface area (Å²) in [7, 11) is -3.74. The zero-order chi connectivity index (χ0) is 18.3. The van der Waals surface area contributed by atoms with Crippen LogP contribution in [0.25, 0.3) is 10.8 Å². The Kier molecular flexibility index (Phi) is 6.92. The summed E-state index contributed by atoms with van der Waals surface area (Å²) in [5.74, 6) is -0.603. The van der Waals surface area contributed by atoms with Gasteiger partial charge in [-0.05, 0) is 17.9 Å². The van der Waals surface area contributed by atoms with Gasteiger partial charge in [0.15, 0.2) is 0 Å². The molecule has 0 atom stereocenters. The van der Waals surface area contributed by atoms with E-state index in [1.54, 1.807) is 23.7 Å². The third kappa shape index (κ3) is 4.78. The molecular weight excluding hydrogens is 340 g/mol. The molecular formula is C18H24N2O4S. The number of nitrogens with one attached hydrogen (secondary N) is 1. The highest BCUT2D eigenvalue weighted by Crippen LogP contribution is 2.26. The molecule has 0 fully saturated rings. The van der Waals surface area contributed by atoms with Gasteiger partial charge in [0.25, 0.3) is 0 Å². The number of carbonyl (C=O) groups excluding carboxylic acids is 1. The number of sulfonamides is 1. The summed E-state index contributed by atoms with van der Waals surface area (Å²) < 4.78 is 27.7. The van der Waals surface area contributed by atoms with Crippen molar-refractivity contribution >= 4 is 26.7 Å². The van der Waals surface area contributed by atoms with E-state index in [-0.39, 0.29) is 17.9 Å². The van der Waals surface area contributed by atoms with Crippen LogP contribution in [0, 0.1) is 0 Å². The minimum atomic E-state index is -3.74. The highest BCUT2D eigenvalue weighted by Gasteiger charge is 2.26. The first-order chi connectivity index (χ1) is 12.0. The van der Waals surface area contributed by atoms with Crippen LogP contribution in [0.2, 0.25) is 0 Å². The Hall–Kier alpha value is -1.96. The molecule has 136 valence electrons. The number of amides is 1. The largest absolute Gasteiger partial charge is 0.289 e. The molecule has 0 aliphatic heterocycles. The Morgan fingerprint density at radius 3 is 2.52 bits per heavy atom. The van der Waals surface area contributed by atoms with Crippen molar-refractivity contribution < 1.29 is 18.4 Å². The molecule has 25 heavy (non-hydrogen) atoms. The van der Waals surface area contributed by atoms with Gasteiger partial charge < -0.3 is 0 Å². The molecule has 0 heterocycles. The van der Waals surface area contributed by atoms with E-state index in [1.807, 2.05) is 31.2 Å². The summed E-state index contributed by atoms with van der Waals surface area (Å²) in [6, 6.07) is 12.5. The van der Waals surface area contributed by atoms with Gasteiger partial charge >= 0.3 is 0 Å².